The van der Waals surface area contributed by atoms with Gasteiger partial charge in [-0.25, -0.2) is 0 Å². The van der Waals surface area contributed by atoms with Gasteiger partial charge in [0.25, 0.3) is 0 Å². The number of methoxy groups -OCH3 is 2. The lowest BCUT2D eigenvalue weighted by Crippen LogP contribution is -1.93. The molecule has 22 heavy (non-hydrogen) atoms. The van der Waals surface area contributed by atoms with E-state index >= 15 is 0 Å². The van der Waals surface area contributed by atoms with Crippen molar-refractivity contribution in [3.63, 3.8) is 0 Å². The number of hydrogen-bond donors (Lipinski definition) is 2. The number of phenols is 2. The van der Waals surface area contributed by atoms with E-state index in [9.17, 15) is 10.2 Å². The second-order valence-electron chi connectivity index (χ2n) is 4.81. The molecule has 118 valence electrons. The first kappa shape index (κ1) is 17.3. The number of aromatic hydroxyl groups is 2. The minimum atomic E-state index is 0.0663. The molecule has 0 aliphatic heterocycles. The smallest absolute Gasteiger partial charge is 0.137 e. The third-order valence-corrected chi connectivity index (χ3v) is 4.37. The average molecular weight is 432 g/mol. The van der Waals surface area contributed by atoms with Gasteiger partial charge in [-0.1, -0.05) is 0 Å². The van der Waals surface area contributed by atoms with E-state index in [0.717, 1.165) is 11.1 Å². The van der Waals surface area contributed by atoms with Gasteiger partial charge in [0.05, 0.1) is 22.2 Å². The van der Waals surface area contributed by atoms with Crippen LogP contribution in [0.25, 0.3) is 11.1 Å². The second kappa shape index (κ2) is 7.46. The van der Waals surface area contributed by atoms with Crippen molar-refractivity contribution < 1.29 is 19.7 Å². The maximum Gasteiger partial charge on any atom is 0.137 e. The Bertz CT molecular complexity index is 627. The lowest BCUT2D eigenvalue weighted by molar-refractivity contribution is 0.184. The van der Waals surface area contributed by atoms with E-state index in [1.165, 1.54) is 0 Å². The lowest BCUT2D eigenvalue weighted by Gasteiger charge is -2.14. The van der Waals surface area contributed by atoms with E-state index in [1.54, 1.807) is 38.5 Å². The van der Waals surface area contributed by atoms with Crippen molar-refractivity contribution in [2.75, 3.05) is 14.2 Å². The fourth-order valence-electron chi connectivity index (χ4n) is 2.22. The molecular weight excluding hydrogens is 416 g/mol. The summed E-state index contributed by atoms with van der Waals surface area (Å²) in [5.74, 6) is 0.133. The molecule has 0 unspecified atom stereocenters. The first-order valence-electron chi connectivity index (χ1n) is 6.49. The van der Waals surface area contributed by atoms with Crippen molar-refractivity contribution in [3.05, 3.63) is 44.3 Å². The molecule has 0 saturated carbocycles. The Morgan fingerprint density at radius 1 is 0.773 bits per heavy atom. The number of rotatable bonds is 5. The van der Waals surface area contributed by atoms with Crippen LogP contribution in [-0.2, 0) is 22.7 Å². The van der Waals surface area contributed by atoms with Crippen molar-refractivity contribution in [2.24, 2.45) is 0 Å². The van der Waals surface area contributed by atoms with Gasteiger partial charge in [-0.2, -0.15) is 0 Å². The summed E-state index contributed by atoms with van der Waals surface area (Å²) < 4.78 is 11.4. The van der Waals surface area contributed by atoms with E-state index < -0.39 is 0 Å². The van der Waals surface area contributed by atoms with Gasteiger partial charge >= 0.3 is 0 Å². The molecule has 0 bridgehead atoms. The Kier molecular flexibility index (Phi) is 5.86. The first-order valence-corrected chi connectivity index (χ1v) is 8.07. The number of hydrogen-bond acceptors (Lipinski definition) is 4. The maximum absolute atomic E-state index is 10.3. The lowest BCUT2D eigenvalue weighted by atomic mass is 9.99. The number of phenolic OH excluding ortho intramolecular Hbond substituents is 2. The fraction of sp³-hybridized carbons (Fsp3) is 0.250. The zero-order chi connectivity index (χ0) is 16.3. The van der Waals surface area contributed by atoms with Crippen molar-refractivity contribution in [1.82, 2.24) is 0 Å². The molecule has 0 aliphatic carbocycles. The molecule has 6 heteroatoms. The highest BCUT2D eigenvalue weighted by molar-refractivity contribution is 9.11. The molecule has 2 aromatic rings. The van der Waals surface area contributed by atoms with Gasteiger partial charge in [0, 0.05) is 25.3 Å². The van der Waals surface area contributed by atoms with Gasteiger partial charge in [0.15, 0.2) is 0 Å². The van der Waals surface area contributed by atoms with Crippen molar-refractivity contribution in [1.29, 1.82) is 0 Å². The summed E-state index contributed by atoms with van der Waals surface area (Å²) in [5.41, 5.74) is 2.82. The first-order chi connectivity index (χ1) is 10.5. The van der Waals surface area contributed by atoms with Crippen LogP contribution in [0.3, 0.4) is 0 Å². The second-order valence-corrected chi connectivity index (χ2v) is 6.52. The van der Waals surface area contributed by atoms with Crippen molar-refractivity contribution >= 4 is 31.9 Å². The highest BCUT2D eigenvalue weighted by Gasteiger charge is 2.16. The monoisotopic (exact) mass is 430 g/mol. The van der Waals surface area contributed by atoms with Gasteiger partial charge in [-0.05, 0) is 67.3 Å². The van der Waals surface area contributed by atoms with Gasteiger partial charge in [-0.15, -0.1) is 0 Å². The topological polar surface area (TPSA) is 58.9 Å². The van der Waals surface area contributed by atoms with E-state index in [0.29, 0.717) is 33.3 Å². The third kappa shape index (κ3) is 3.63. The largest absolute Gasteiger partial charge is 0.506 e. The molecule has 2 aromatic carbocycles. The van der Waals surface area contributed by atoms with Crippen LogP contribution >= 0.6 is 31.9 Å². The van der Waals surface area contributed by atoms with Crippen LogP contribution in [0.1, 0.15) is 11.1 Å². The SMILES string of the molecule is COCc1cc(Br)c(O)c(-c2cc(COC)cc(Br)c2O)c1. The Morgan fingerprint density at radius 3 is 1.45 bits per heavy atom. The fourth-order valence-corrected chi connectivity index (χ4v) is 3.24. The summed E-state index contributed by atoms with van der Waals surface area (Å²) in [4.78, 5) is 0. The molecule has 2 rings (SSSR count). The Hall–Kier alpha value is -1.08. The van der Waals surface area contributed by atoms with Crippen LogP contribution in [-0.4, -0.2) is 24.4 Å². The van der Waals surface area contributed by atoms with E-state index in [1.807, 2.05) is 0 Å². The minimum Gasteiger partial charge on any atom is -0.506 e. The van der Waals surface area contributed by atoms with E-state index in [4.69, 9.17) is 9.47 Å². The van der Waals surface area contributed by atoms with Gasteiger partial charge in [-0.3, -0.25) is 0 Å². The van der Waals surface area contributed by atoms with Crippen LogP contribution in [0, 0.1) is 0 Å². The predicted octanol–water partition coefficient (Wildman–Crippen LogP) is 4.58. The summed E-state index contributed by atoms with van der Waals surface area (Å²) in [7, 11) is 3.21. The Balaban J connectivity index is 2.64. The normalized spacial score (nSPS) is 10.9. The molecule has 4 nitrogen and oxygen atoms in total. The van der Waals surface area contributed by atoms with Crippen LogP contribution in [0.15, 0.2) is 33.2 Å². The molecule has 2 N–H and O–H groups in total. The van der Waals surface area contributed by atoms with Crippen LogP contribution in [0.2, 0.25) is 0 Å². The summed E-state index contributed by atoms with van der Waals surface area (Å²) in [6.45, 7) is 0.817. The number of ether oxygens (including phenoxy) is 2. The minimum absolute atomic E-state index is 0.0663. The quantitative estimate of drug-likeness (QED) is 0.727. The molecule has 0 atom stereocenters. The van der Waals surface area contributed by atoms with E-state index in [-0.39, 0.29) is 11.5 Å². The van der Waals surface area contributed by atoms with Crippen LogP contribution < -0.4 is 0 Å². The van der Waals surface area contributed by atoms with Crippen LogP contribution in [0.4, 0.5) is 0 Å². The zero-order valence-electron chi connectivity index (χ0n) is 12.2. The molecule has 0 radical (unpaired) electrons. The summed E-state index contributed by atoms with van der Waals surface area (Å²) in [5, 5.41) is 20.7. The molecular formula is C16H16Br2O4. The Labute approximate surface area is 145 Å². The molecule has 0 fully saturated rings. The standard InChI is InChI=1S/C16H16Br2O4/c1-21-7-9-3-11(15(19)13(17)5-9)12-4-10(8-22-2)6-14(18)16(12)20/h3-6,19-20H,7-8H2,1-2H3. The van der Waals surface area contributed by atoms with Crippen molar-refractivity contribution in [3.8, 4) is 22.6 Å². The summed E-state index contributed by atoms with van der Waals surface area (Å²) in [6, 6.07) is 7.16. The average Bonchev–Trinajstić information content (AvgIpc) is 2.47. The molecule has 0 heterocycles. The zero-order valence-corrected chi connectivity index (χ0v) is 15.4. The van der Waals surface area contributed by atoms with Crippen LogP contribution in [0.5, 0.6) is 11.5 Å². The maximum atomic E-state index is 10.3. The molecule has 0 saturated heterocycles. The summed E-state index contributed by atoms with van der Waals surface area (Å²) >= 11 is 6.67. The molecule has 0 aromatic heterocycles. The summed E-state index contributed by atoms with van der Waals surface area (Å²) in [6.07, 6.45) is 0. The number of benzene rings is 2. The molecule has 0 aliphatic rings. The number of halogens is 2. The predicted molar refractivity (Wildman–Crippen MR) is 92.0 cm³/mol. The Morgan fingerprint density at radius 2 is 1.14 bits per heavy atom. The van der Waals surface area contributed by atoms with Gasteiger partial charge < -0.3 is 19.7 Å². The highest BCUT2D eigenvalue weighted by atomic mass is 79.9. The van der Waals surface area contributed by atoms with Crippen molar-refractivity contribution in [2.45, 2.75) is 13.2 Å². The van der Waals surface area contributed by atoms with E-state index in [2.05, 4.69) is 31.9 Å². The highest BCUT2D eigenvalue weighted by Crippen LogP contribution is 2.43. The molecule has 0 spiro atoms. The van der Waals surface area contributed by atoms with Gasteiger partial charge in [0.2, 0.25) is 0 Å². The van der Waals surface area contributed by atoms with Gasteiger partial charge in [0.1, 0.15) is 11.5 Å². The molecule has 0 amide bonds. The third-order valence-electron chi connectivity index (χ3n) is 3.16.